The normalized spacial score (nSPS) is 14.7. The van der Waals surface area contributed by atoms with Gasteiger partial charge in [0, 0.05) is 39.6 Å². The average Bonchev–Trinajstić information content (AvgIpc) is 2.96. The number of anilines is 1. The first-order valence-corrected chi connectivity index (χ1v) is 16.8. The molecule has 0 saturated heterocycles. The summed E-state index contributed by atoms with van der Waals surface area (Å²) < 4.78 is 26.8. The van der Waals surface area contributed by atoms with Crippen LogP contribution < -0.4 is 9.62 Å². The summed E-state index contributed by atoms with van der Waals surface area (Å²) in [6.45, 7) is -0.629. The maximum Gasteiger partial charge on any atom is 0.244 e. The minimum Gasteiger partial charge on any atom is -0.352 e. The molecule has 4 rings (SSSR count). The minimum absolute atomic E-state index is 0.00645. The molecule has 0 aromatic heterocycles. The topological polar surface area (TPSA) is 86.8 Å². The van der Waals surface area contributed by atoms with Crippen LogP contribution in [0.5, 0.6) is 0 Å². The van der Waals surface area contributed by atoms with Gasteiger partial charge in [-0.2, -0.15) is 0 Å². The second-order valence-electron chi connectivity index (χ2n) is 10.5. The monoisotopic (exact) mass is 649 g/mol. The largest absolute Gasteiger partial charge is 0.352 e. The van der Waals surface area contributed by atoms with Gasteiger partial charge in [0.25, 0.3) is 0 Å². The minimum atomic E-state index is -3.89. The van der Waals surface area contributed by atoms with Crippen molar-refractivity contribution in [1.82, 2.24) is 10.2 Å². The molecule has 11 heteroatoms. The van der Waals surface area contributed by atoms with Crippen LogP contribution >= 0.6 is 34.8 Å². The summed E-state index contributed by atoms with van der Waals surface area (Å²) >= 11 is 19.1. The zero-order valence-corrected chi connectivity index (χ0v) is 26.4. The molecule has 0 aliphatic heterocycles. The van der Waals surface area contributed by atoms with Crippen molar-refractivity contribution in [2.45, 2.75) is 57.2 Å². The summed E-state index contributed by atoms with van der Waals surface area (Å²) in [5, 5.41) is 4.27. The zero-order valence-electron chi connectivity index (χ0n) is 23.3. The summed E-state index contributed by atoms with van der Waals surface area (Å²) in [5.41, 5.74) is 1.59. The predicted octanol–water partition coefficient (Wildman–Crippen LogP) is 6.50. The number of rotatable bonds is 11. The highest BCUT2D eigenvalue weighted by molar-refractivity contribution is 7.92. The standard InChI is InChI=1S/C31H34Cl3N3O4S/c1-42(40,41)37(25-17-15-23(32)16-18-25)21-30(38)36(20-26-27(33)13-8-14-28(26)34)29(19-22-9-4-2-5-10-22)31(39)35-24-11-6-3-7-12-24/h2,4-5,8-10,13-18,24,29H,3,6-7,11-12,19-21H2,1H3,(H,35,39)/t29-/m1/s1. The van der Waals surface area contributed by atoms with Crippen molar-refractivity contribution in [3.05, 3.63) is 99.0 Å². The van der Waals surface area contributed by atoms with Crippen LogP contribution in [-0.4, -0.2) is 50.0 Å². The van der Waals surface area contributed by atoms with Crippen LogP contribution in [0.25, 0.3) is 0 Å². The van der Waals surface area contributed by atoms with E-state index in [4.69, 9.17) is 34.8 Å². The molecule has 0 heterocycles. The van der Waals surface area contributed by atoms with Crippen LogP contribution in [0.1, 0.15) is 43.2 Å². The highest BCUT2D eigenvalue weighted by atomic mass is 35.5. The second kappa shape index (κ2) is 14.6. The molecule has 3 aromatic rings. The van der Waals surface area contributed by atoms with Crippen LogP contribution in [0.15, 0.2) is 72.8 Å². The Balaban J connectivity index is 1.75. The SMILES string of the molecule is CS(=O)(=O)N(CC(=O)N(Cc1c(Cl)cccc1Cl)[C@H](Cc1ccccc1)C(=O)NC1CCCCC1)c1ccc(Cl)cc1. The number of hydrogen-bond acceptors (Lipinski definition) is 4. The molecular formula is C31H34Cl3N3O4S. The maximum absolute atomic E-state index is 14.2. The van der Waals surface area contributed by atoms with E-state index in [0.29, 0.717) is 20.6 Å². The van der Waals surface area contributed by atoms with Gasteiger partial charge in [0.15, 0.2) is 0 Å². The van der Waals surface area contributed by atoms with Gasteiger partial charge >= 0.3 is 0 Å². The molecule has 7 nitrogen and oxygen atoms in total. The Morgan fingerprint density at radius 3 is 2.10 bits per heavy atom. The van der Waals surface area contributed by atoms with E-state index < -0.39 is 28.5 Å². The number of benzene rings is 3. The number of carbonyl (C=O) groups excluding carboxylic acids is 2. The number of amides is 2. The molecule has 0 radical (unpaired) electrons. The molecule has 1 atom stereocenters. The van der Waals surface area contributed by atoms with E-state index in [2.05, 4.69) is 5.32 Å². The lowest BCUT2D eigenvalue weighted by Gasteiger charge is -2.35. The molecule has 2 amide bonds. The summed E-state index contributed by atoms with van der Waals surface area (Å²) in [5.74, 6) is -0.884. The molecule has 3 aromatic carbocycles. The zero-order chi connectivity index (χ0) is 30.3. The quantitative estimate of drug-likeness (QED) is 0.257. The number of sulfonamides is 1. The van der Waals surface area contributed by atoms with Crippen LogP contribution in [-0.2, 0) is 32.6 Å². The van der Waals surface area contributed by atoms with Crippen molar-refractivity contribution in [2.24, 2.45) is 0 Å². The van der Waals surface area contributed by atoms with Crippen LogP contribution in [0.2, 0.25) is 15.1 Å². The van der Waals surface area contributed by atoms with Crippen molar-refractivity contribution in [1.29, 1.82) is 0 Å². The third-order valence-electron chi connectivity index (χ3n) is 7.41. The molecule has 0 bridgehead atoms. The Bertz CT molecular complexity index is 1460. The van der Waals surface area contributed by atoms with Crippen molar-refractivity contribution >= 4 is 62.3 Å². The lowest BCUT2D eigenvalue weighted by Crippen LogP contribution is -2.55. The number of nitrogens with one attached hydrogen (secondary N) is 1. The lowest BCUT2D eigenvalue weighted by atomic mass is 9.94. The summed E-state index contributed by atoms with van der Waals surface area (Å²) in [4.78, 5) is 29.6. The molecule has 42 heavy (non-hydrogen) atoms. The fraction of sp³-hybridized carbons (Fsp3) is 0.355. The Labute approximate surface area is 262 Å². The van der Waals surface area contributed by atoms with E-state index in [1.54, 1.807) is 30.3 Å². The molecule has 1 fully saturated rings. The van der Waals surface area contributed by atoms with Gasteiger partial charge in [0.05, 0.1) is 11.9 Å². The van der Waals surface area contributed by atoms with Gasteiger partial charge in [-0.15, -0.1) is 0 Å². The van der Waals surface area contributed by atoms with E-state index >= 15 is 0 Å². The van der Waals surface area contributed by atoms with Gasteiger partial charge in [0.1, 0.15) is 12.6 Å². The van der Waals surface area contributed by atoms with E-state index in [-0.39, 0.29) is 30.6 Å². The predicted molar refractivity (Wildman–Crippen MR) is 170 cm³/mol. The lowest BCUT2D eigenvalue weighted by molar-refractivity contribution is -0.140. The molecule has 1 saturated carbocycles. The van der Waals surface area contributed by atoms with Gasteiger partial charge in [-0.25, -0.2) is 8.42 Å². The second-order valence-corrected chi connectivity index (χ2v) is 13.7. The molecule has 1 N–H and O–H groups in total. The molecule has 1 aliphatic carbocycles. The molecule has 1 aliphatic rings. The molecule has 224 valence electrons. The van der Waals surface area contributed by atoms with E-state index in [1.165, 1.54) is 17.0 Å². The van der Waals surface area contributed by atoms with Crippen molar-refractivity contribution in [3.8, 4) is 0 Å². The Hall–Kier alpha value is -2.78. The van der Waals surface area contributed by atoms with Crippen molar-refractivity contribution in [2.75, 3.05) is 17.1 Å². The van der Waals surface area contributed by atoms with Crippen molar-refractivity contribution < 1.29 is 18.0 Å². The Kier molecular flexibility index (Phi) is 11.2. The van der Waals surface area contributed by atoms with Crippen LogP contribution in [0.3, 0.4) is 0 Å². The summed E-state index contributed by atoms with van der Waals surface area (Å²) in [6.07, 6.45) is 6.15. The van der Waals surface area contributed by atoms with E-state index in [1.807, 2.05) is 30.3 Å². The number of halogens is 3. The number of hydrogen-bond donors (Lipinski definition) is 1. The van der Waals surface area contributed by atoms with Gasteiger partial charge in [-0.3, -0.25) is 13.9 Å². The van der Waals surface area contributed by atoms with Crippen LogP contribution in [0.4, 0.5) is 5.69 Å². The number of nitrogens with zero attached hydrogens (tertiary/aromatic N) is 2. The van der Waals surface area contributed by atoms with Gasteiger partial charge in [0.2, 0.25) is 21.8 Å². The van der Waals surface area contributed by atoms with Gasteiger partial charge in [-0.1, -0.05) is 90.5 Å². The summed E-state index contributed by atoms with van der Waals surface area (Å²) in [7, 11) is -3.89. The fourth-order valence-corrected chi connectivity index (χ4v) is 6.67. The van der Waals surface area contributed by atoms with Crippen LogP contribution in [0, 0.1) is 0 Å². The first-order chi connectivity index (χ1) is 20.0. The smallest absolute Gasteiger partial charge is 0.244 e. The van der Waals surface area contributed by atoms with E-state index in [0.717, 1.165) is 48.2 Å². The first-order valence-electron chi connectivity index (χ1n) is 13.8. The fourth-order valence-electron chi connectivity index (χ4n) is 5.17. The Morgan fingerprint density at radius 1 is 0.881 bits per heavy atom. The van der Waals surface area contributed by atoms with Gasteiger partial charge in [-0.05, 0) is 54.8 Å². The number of carbonyl (C=O) groups is 2. The first kappa shape index (κ1) is 32.1. The maximum atomic E-state index is 14.2. The molecule has 0 spiro atoms. The highest BCUT2D eigenvalue weighted by Gasteiger charge is 2.34. The molecule has 0 unspecified atom stereocenters. The van der Waals surface area contributed by atoms with E-state index in [9.17, 15) is 18.0 Å². The third kappa shape index (κ3) is 8.63. The Morgan fingerprint density at radius 2 is 1.50 bits per heavy atom. The van der Waals surface area contributed by atoms with Gasteiger partial charge < -0.3 is 10.2 Å². The average molecular weight is 651 g/mol. The summed E-state index contributed by atoms with van der Waals surface area (Å²) in [6, 6.07) is 19.6. The highest BCUT2D eigenvalue weighted by Crippen LogP contribution is 2.28. The third-order valence-corrected chi connectivity index (χ3v) is 9.51. The molecular weight excluding hydrogens is 617 g/mol. The van der Waals surface area contributed by atoms with Crippen molar-refractivity contribution in [3.63, 3.8) is 0 Å².